The highest BCUT2D eigenvalue weighted by Crippen LogP contribution is 2.43. The van der Waals surface area contributed by atoms with Crippen LogP contribution in [0.3, 0.4) is 0 Å². The van der Waals surface area contributed by atoms with Gasteiger partial charge in [-0.1, -0.05) is 41.5 Å². The number of aliphatic hydroxyl groups is 1. The maximum Gasteiger partial charge on any atom is 0.222 e. The van der Waals surface area contributed by atoms with Crippen molar-refractivity contribution >= 4 is 14.2 Å². The lowest BCUT2D eigenvalue weighted by molar-refractivity contribution is -0.134. The highest BCUT2D eigenvalue weighted by atomic mass is 28.4. The van der Waals surface area contributed by atoms with Crippen molar-refractivity contribution in [3.05, 3.63) is 0 Å². The molecular weight excluding hydrogens is 294 g/mol. The molecule has 1 N–H and O–H groups in total. The lowest BCUT2D eigenvalue weighted by atomic mass is 10.1. The molecule has 1 saturated heterocycles. The van der Waals surface area contributed by atoms with Crippen LogP contribution in [0.1, 0.15) is 60.8 Å². The van der Waals surface area contributed by atoms with Crippen LogP contribution in [-0.4, -0.2) is 50.0 Å². The van der Waals surface area contributed by atoms with Crippen LogP contribution in [0.25, 0.3) is 0 Å². The van der Waals surface area contributed by atoms with Gasteiger partial charge in [0.1, 0.15) is 0 Å². The molecule has 0 aliphatic carbocycles. The Hall–Kier alpha value is -0.393. The first-order valence-corrected chi connectivity index (χ1v) is 11.0. The SMILES string of the molecule is CC(C)[Si](OC(CO)CN1CCCCC1=O)(C(C)C)C(C)C. The van der Waals surface area contributed by atoms with E-state index in [1.807, 2.05) is 4.90 Å². The molecule has 1 heterocycles. The molecule has 4 nitrogen and oxygen atoms in total. The van der Waals surface area contributed by atoms with Crippen LogP contribution in [-0.2, 0) is 9.22 Å². The zero-order valence-electron chi connectivity index (χ0n) is 15.3. The van der Waals surface area contributed by atoms with Crippen molar-refractivity contribution in [3.8, 4) is 0 Å². The van der Waals surface area contributed by atoms with Gasteiger partial charge in [0.25, 0.3) is 0 Å². The molecule has 1 unspecified atom stereocenters. The van der Waals surface area contributed by atoms with Crippen molar-refractivity contribution in [3.63, 3.8) is 0 Å². The van der Waals surface area contributed by atoms with Gasteiger partial charge in [0.15, 0.2) is 0 Å². The molecule has 0 aromatic heterocycles. The van der Waals surface area contributed by atoms with Crippen LogP contribution in [0.4, 0.5) is 0 Å². The lowest BCUT2D eigenvalue weighted by Gasteiger charge is -2.45. The largest absolute Gasteiger partial charge is 0.409 e. The summed E-state index contributed by atoms with van der Waals surface area (Å²) in [6.07, 6.45) is 2.44. The number of nitrogens with zero attached hydrogens (tertiary/aromatic N) is 1. The molecule has 130 valence electrons. The number of carbonyl (C=O) groups is 1. The normalized spacial score (nSPS) is 18.6. The summed E-state index contributed by atoms with van der Waals surface area (Å²) in [6.45, 7) is 14.8. The number of carbonyl (C=O) groups excluding carboxylic acids is 1. The summed E-state index contributed by atoms with van der Waals surface area (Å²) in [4.78, 5) is 13.9. The Labute approximate surface area is 137 Å². The fourth-order valence-electron chi connectivity index (χ4n) is 4.13. The quantitative estimate of drug-likeness (QED) is 0.693. The molecule has 5 heteroatoms. The average Bonchev–Trinajstić information content (AvgIpc) is 2.44. The summed E-state index contributed by atoms with van der Waals surface area (Å²) in [6, 6.07) is 0. The summed E-state index contributed by atoms with van der Waals surface area (Å²) in [7, 11) is -2.02. The number of hydrogen-bond donors (Lipinski definition) is 1. The summed E-state index contributed by atoms with van der Waals surface area (Å²) < 4.78 is 6.62. The van der Waals surface area contributed by atoms with Crippen molar-refractivity contribution in [2.24, 2.45) is 0 Å². The Kier molecular flexibility index (Phi) is 7.55. The van der Waals surface area contributed by atoms with Gasteiger partial charge in [-0.3, -0.25) is 4.79 Å². The molecule has 0 aromatic rings. The minimum Gasteiger partial charge on any atom is -0.409 e. The predicted octanol–water partition coefficient (Wildman–Crippen LogP) is 3.55. The van der Waals surface area contributed by atoms with Crippen molar-refractivity contribution in [2.75, 3.05) is 19.7 Å². The smallest absolute Gasteiger partial charge is 0.222 e. The number of piperidine rings is 1. The molecule has 1 aliphatic heterocycles. The Morgan fingerprint density at radius 2 is 1.64 bits per heavy atom. The van der Waals surface area contributed by atoms with Crippen LogP contribution >= 0.6 is 0 Å². The molecule has 1 fully saturated rings. The maximum atomic E-state index is 12.0. The summed E-state index contributed by atoms with van der Waals surface area (Å²) in [5.41, 5.74) is 1.45. The number of rotatable bonds is 8. The van der Waals surface area contributed by atoms with E-state index in [4.69, 9.17) is 4.43 Å². The second-order valence-electron chi connectivity index (χ2n) is 7.54. The number of aliphatic hydroxyl groups excluding tert-OH is 1. The average molecular weight is 330 g/mol. The van der Waals surface area contributed by atoms with Gasteiger partial charge in [0, 0.05) is 19.5 Å². The van der Waals surface area contributed by atoms with Crippen molar-refractivity contribution in [1.29, 1.82) is 0 Å². The molecule has 1 atom stereocenters. The summed E-state index contributed by atoms with van der Waals surface area (Å²) >= 11 is 0. The third-order valence-corrected chi connectivity index (χ3v) is 11.3. The van der Waals surface area contributed by atoms with Crippen LogP contribution < -0.4 is 0 Å². The molecule has 1 aliphatic rings. The van der Waals surface area contributed by atoms with E-state index in [0.29, 0.717) is 29.6 Å². The van der Waals surface area contributed by atoms with E-state index in [2.05, 4.69) is 41.5 Å². The van der Waals surface area contributed by atoms with Crippen molar-refractivity contribution in [2.45, 2.75) is 83.5 Å². The van der Waals surface area contributed by atoms with Gasteiger partial charge in [-0.05, 0) is 29.5 Å². The third kappa shape index (κ3) is 4.33. The number of hydrogen-bond acceptors (Lipinski definition) is 3. The molecule has 0 spiro atoms. The van der Waals surface area contributed by atoms with E-state index in [1.165, 1.54) is 0 Å². The Morgan fingerprint density at radius 3 is 2.05 bits per heavy atom. The predicted molar refractivity (Wildman–Crippen MR) is 93.4 cm³/mol. The molecule has 0 radical (unpaired) electrons. The molecule has 22 heavy (non-hydrogen) atoms. The lowest BCUT2D eigenvalue weighted by Crippen LogP contribution is -2.53. The van der Waals surface area contributed by atoms with Gasteiger partial charge >= 0.3 is 0 Å². The first kappa shape index (κ1) is 19.7. The van der Waals surface area contributed by atoms with E-state index in [9.17, 15) is 9.90 Å². The third-order valence-electron chi connectivity index (χ3n) is 5.13. The zero-order chi connectivity index (χ0) is 16.9. The van der Waals surface area contributed by atoms with E-state index in [-0.39, 0.29) is 18.6 Å². The Balaban J connectivity index is 2.86. The van der Waals surface area contributed by atoms with E-state index in [0.717, 1.165) is 19.4 Å². The topological polar surface area (TPSA) is 49.8 Å². The van der Waals surface area contributed by atoms with E-state index < -0.39 is 8.32 Å². The monoisotopic (exact) mass is 329 g/mol. The fraction of sp³-hybridized carbons (Fsp3) is 0.941. The Morgan fingerprint density at radius 1 is 1.09 bits per heavy atom. The maximum absolute atomic E-state index is 12.0. The standard InChI is InChI=1S/C17H35NO3Si/c1-13(2)22(14(3)4,15(5)6)21-16(12-19)11-18-10-8-7-9-17(18)20/h13-16,19H,7-12H2,1-6H3. The highest BCUT2D eigenvalue weighted by molar-refractivity contribution is 6.77. The number of likely N-dealkylation sites (tertiary alicyclic amines) is 1. The minimum absolute atomic E-state index is 0.00924. The van der Waals surface area contributed by atoms with Gasteiger partial charge < -0.3 is 14.4 Å². The van der Waals surface area contributed by atoms with Gasteiger partial charge in [-0.2, -0.15) is 0 Å². The zero-order valence-corrected chi connectivity index (χ0v) is 16.3. The molecule has 1 amide bonds. The first-order chi connectivity index (χ1) is 10.3. The van der Waals surface area contributed by atoms with Crippen LogP contribution in [0.5, 0.6) is 0 Å². The molecule has 0 bridgehead atoms. The van der Waals surface area contributed by atoms with Gasteiger partial charge in [-0.15, -0.1) is 0 Å². The second-order valence-corrected chi connectivity index (χ2v) is 12.9. The van der Waals surface area contributed by atoms with Crippen LogP contribution in [0.15, 0.2) is 0 Å². The van der Waals surface area contributed by atoms with Crippen LogP contribution in [0, 0.1) is 0 Å². The fourth-order valence-corrected chi connectivity index (χ4v) is 9.67. The molecule has 0 aromatic carbocycles. The Bertz CT molecular complexity index is 336. The number of amides is 1. The summed E-state index contributed by atoms with van der Waals surface area (Å²) in [5.74, 6) is 0.208. The van der Waals surface area contributed by atoms with Gasteiger partial charge in [0.2, 0.25) is 14.2 Å². The highest BCUT2D eigenvalue weighted by Gasteiger charge is 2.46. The van der Waals surface area contributed by atoms with Crippen LogP contribution in [0.2, 0.25) is 16.6 Å². The molecule has 1 rings (SSSR count). The molecule has 0 saturated carbocycles. The second kappa shape index (κ2) is 8.46. The minimum atomic E-state index is -2.02. The van der Waals surface area contributed by atoms with E-state index >= 15 is 0 Å². The molecular formula is C17H35NO3Si. The van der Waals surface area contributed by atoms with Gasteiger partial charge in [0.05, 0.1) is 12.7 Å². The van der Waals surface area contributed by atoms with Crippen molar-refractivity contribution in [1.82, 2.24) is 4.90 Å². The summed E-state index contributed by atoms with van der Waals surface area (Å²) in [5, 5.41) is 9.81. The van der Waals surface area contributed by atoms with Crippen molar-refractivity contribution < 1.29 is 14.3 Å². The first-order valence-electron chi connectivity index (χ1n) is 8.82. The van der Waals surface area contributed by atoms with E-state index in [1.54, 1.807) is 0 Å². The van der Waals surface area contributed by atoms with Gasteiger partial charge in [-0.25, -0.2) is 0 Å².